The van der Waals surface area contributed by atoms with Gasteiger partial charge in [0.25, 0.3) is 0 Å². The molecule has 0 aliphatic heterocycles. The molecule has 1 atom stereocenters. The molecule has 0 heterocycles. The van der Waals surface area contributed by atoms with Crippen LogP contribution >= 0.6 is 0 Å². The van der Waals surface area contributed by atoms with E-state index >= 15 is 0 Å². The van der Waals surface area contributed by atoms with Crippen LogP contribution in [0.2, 0.25) is 0 Å². The van der Waals surface area contributed by atoms with Gasteiger partial charge >= 0.3 is 0 Å². The Morgan fingerprint density at radius 3 is 2.62 bits per heavy atom. The number of ether oxygens (including phenoxy) is 2. The van der Waals surface area contributed by atoms with Gasteiger partial charge in [0, 0.05) is 19.8 Å². The third kappa shape index (κ3) is 5.26. The molecule has 1 aromatic rings. The number of hydrogen-bond acceptors (Lipinski definition) is 3. The van der Waals surface area contributed by atoms with Gasteiger partial charge in [0.2, 0.25) is 0 Å². The Balaban J connectivity index is 2.11. The van der Waals surface area contributed by atoms with Crippen LogP contribution in [0.25, 0.3) is 0 Å². The van der Waals surface area contributed by atoms with E-state index in [-0.39, 0.29) is 6.10 Å². The van der Waals surface area contributed by atoms with Gasteiger partial charge < -0.3 is 15.2 Å². The van der Waals surface area contributed by atoms with E-state index in [2.05, 4.69) is 12.1 Å². The summed E-state index contributed by atoms with van der Waals surface area (Å²) in [6, 6.07) is 10.2. The second kappa shape index (κ2) is 8.28. The van der Waals surface area contributed by atoms with Crippen molar-refractivity contribution in [2.75, 3.05) is 19.8 Å². The average Bonchev–Trinajstić information content (AvgIpc) is 2.34. The maximum absolute atomic E-state index is 5.57. The van der Waals surface area contributed by atoms with E-state index in [1.807, 2.05) is 25.1 Å². The first-order valence-electron chi connectivity index (χ1n) is 5.80. The molecule has 3 nitrogen and oxygen atoms in total. The second-order valence-corrected chi connectivity index (χ2v) is 3.64. The summed E-state index contributed by atoms with van der Waals surface area (Å²) >= 11 is 0. The average molecular weight is 223 g/mol. The zero-order valence-electron chi connectivity index (χ0n) is 9.89. The van der Waals surface area contributed by atoms with Gasteiger partial charge in [0.05, 0.1) is 12.7 Å². The van der Waals surface area contributed by atoms with Gasteiger partial charge in [-0.15, -0.1) is 0 Å². The van der Waals surface area contributed by atoms with E-state index in [0.29, 0.717) is 26.4 Å². The summed E-state index contributed by atoms with van der Waals surface area (Å²) in [4.78, 5) is 0. The standard InChI is InChI=1S/C13H21NO2/c1-2-16-13(10-14)8-9-15-11-12-6-4-3-5-7-12/h3-7,13H,2,8-11,14H2,1H3. The summed E-state index contributed by atoms with van der Waals surface area (Å²) in [6.07, 6.45) is 0.984. The van der Waals surface area contributed by atoms with Crippen LogP contribution in [-0.4, -0.2) is 25.9 Å². The third-order valence-corrected chi connectivity index (χ3v) is 2.36. The van der Waals surface area contributed by atoms with E-state index < -0.39 is 0 Å². The fourth-order valence-corrected chi connectivity index (χ4v) is 1.48. The third-order valence-electron chi connectivity index (χ3n) is 2.36. The predicted octanol–water partition coefficient (Wildman–Crippen LogP) is 1.96. The Morgan fingerprint density at radius 1 is 1.25 bits per heavy atom. The van der Waals surface area contributed by atoms with E-state index in [1.165, 1.54) is 5.56 Å². The molecule has 0 aromatic heterocycles. The molecule has 0 amide bonds. The first-order valence-corrected chi connectivity index (χ1v) is 5.80. The molecule has 0 fully saturated rings. The highest BCUT2D eigenvalue weighted by molar-refractivity contribution is 5.13. The van der Waals surface area contributed by atoms with Gasteiger partial charge in [-0.05, 0) is 18.9 Å². The molecule has 0 bridgehead atoms. The van der Waals surface area contributed by atoms with E-state index in [4.69, 9.17) is 15.2 Å². The van der Waals surface area contributed by atoms with Crippen molar-refractivity contribution in [2.24, 2.45) is 5.73 Å². The van der Waals surface area contributed by atoms with Crippen molar-refractivity contribution in [3.63, 3.8) is 0 Å². The summed E-state index contributed by atoms with van der Waals surface area (Å²) in [7, 11) is 0. The van der Waals surface area contributed by atoms with Crippen LogP contribution < -0.4 is 5.73 Å². The first-order chi connectivity index (χ1) is 7.86. The van der Waals surface area contributed by atoms with Crippen molar-refractivity contribution in [3.05, 3.63) is 35.9 Å². The Bertz CT molecular complexity index is 264. The fraction of sp³-hybridized carbons (Fsp3) is 0.538. The SMILES string of the molecule is CCOC(CN)CCOCc1ccccc1. The van der Waals surface area contributed by atoms with E-state index in [0.717, 1.165) is 6.42 Å². The maximum atomic E-state index is 5.57. The van der Waals surface area contributed by atoms with Gasteiger partial charge in [-0.3, -0.25) is 0 Å². The predicted molar refractivity (Wildman–Crippen MR) is 65.2 cm³/mol. The Kier molecular flexibility index (Phi) is 6.81. The topological polar surface area (TPSA) is 44.5 Å². The molecule has 1 aromatic carbocycles. The molecule has 16 heavy (non-hydrogen) atoms. The molecule has 0 aliphatic rings. The number of hydrogen-bond donors (Lipinski definition) is 1. The van der Waals surface area contributed by atoms with Crippen LogP contribution in [0.4, 0.5) is 0 Å². The summed E-state index contributed by atoms with van der Waals surface area (Å²) in [5.41, 5.74) is 6.77. The molecule has 0 saturated heterocycles. The zero-order valence-corrected chi connectivity index (χ0v) is 9.89. The van der Waals surface area contributed by atoms with Gasteiger partial charge in [-0.2, -0.15) is 0 Å². The molecular formula is C13H21NO2. The summed E-state index contributed by atoms with van der Waals surface area (Å²) < 4.78 is 11.0. The number of nitrogens with two attached hydrogens (primary N) is 1. The van der Waals surface area contributed by atoms with Crippen LogP contribution in [0.3, 0.4) is 0 Å². The van der Waals surface area contributed by atoms with Gasteiger partial charge in [-0.25, -0.2) is 0 Å². The van der Waals surface area contributed by atoms with Gasteiger partial charge in [0.1, 0.15) is 0 Å². The van der Waals surface area contributed by atoms with Crippen molar-refractivity contribution in [3.8, 4) is 0 Å². The highest BCUT2D eigenvalue weighted by Gasteiger charge is 2.05. The first kappa shape index (κ1) is 13.2. The molecule has 0 radical (unpaired) electrons. The number of rotatable bonds is 8. The highest BCUT2D eigenvalue weighted by Crippen LogP contribution is 2.02. The summed E-state index contributed by atoms with van der Waals surface area (Å²) in [5, 5.41) is 0. The lowest BCUT2D eigenvalue weighted by atomic mass is 10.2. The molecule has 3 heteroatoms. The van der Waals surface area contributed by atoms with Crippen LogP contribution in [0.1, 0.15) is 18.9 Å². The Morgan fingerprint density at radius 2 is 2.00 bits per heavy atom. The van der Waals surface area contributed by atoms with Crippen LogP contribution in [0, 0.1) is 0 Å². The fourth-order valence-electron chi connectivity index (χ4n) is 1.48. The lowest BCUT2D eigenvalue weighted by molar-refractivity contribution is 0.0289. The molecule has 1 rings (SSSR count). The molecule has 90 valence electrons. The lowest BCUT2D eigenvalue weighted by Crippen LogP contribution is -2.25. The summed E-state index contributed by atoms with van der Waals surface area (Å²) in [6.45, 7) is 4.59. The Labute approximate surface area is 97.6 Å². The minimum atomic E-state index is 0.126. The molecule has 2 N–H and O–H groups in total. The van der Waals surface area contributed by atoms with Gasteiger partial charge in [-0.1, -0.05) is 30.3 Å². The largest absolute Gasteiger partial charge is 0.377 e. The van der Waals surface area contributed by atoms with Crippen LogP contribution in [-0.2, 0) is 16.1 Å². The molecular weight excluding hydrogens is 202 g/mol. The molecule has 1 unspecified atom stereocenters. The minimum absolute atomic E-state index is 0.126. The zero-order chi connectivity index (χ0) is 11.6. The minimum Gasteiger partial charge on any atom is -0.377 e. The van der Waals surface area contributed by atoms with E-state index in [1.54, 1.807) is 0 Å². The Hall–Kier alpha value is -0.900. The highest BCUT2D eigenvalue weighted by atomic mass is 16.5. The lowest BCUT2D eigenvalue weighted by Gasteiger charge is -2.14. The summed E-state index contributed by atoms with van der Waals surface area (Å²) in [5.74, 6) is 0. The van der Waals surface area contributed by atoms with Crippen molar-refractivity contribution in [1.29, 1.82) is 0 Å². The quantitative estimate of drug-likeness (QED) is 0.685. The molecule has 0 aliphatic carbocycles. The molecule has 0 saturated carbocycles. The van der Waals surface area contributed by atoms with Crippen molar-refractivity contribution in [2.45, 2.75) is 26.1 Å². The second-order valence-electron chi connectivity index (χ2n) is 3.64. The normalized spacial score (nSPS) is 12.6. The van der Waals surface area contributed by atoms with E-state index in [9.17, 15) is 0 Å². The number of benzene rings is 1. The van der Waals surface area contributed by atoms with Crippen LogP contribution in [0.15, 0.2) is 30.3 Å². The van der Waals surface area contributed by atoms with Gasteiger partial charge in [0.15, 0.2) is 0 Å². The van der Waals surface area contributed by atoms with Crippen molar-refractivity contribution in [1.82, 2.24) is 0 Å². The maximum Gasteiger partial charge on any atom is 0.0719 e. The smallest absolute Gasteiger partial charge is 0.0719 e. The monoisotopic (exact) mass is 223 g/mol. The van der Waals surface area contributed by atoms with Crippen molar-refractivity contribution < 1.29 is 9.47 Å². The van der Waals surface area contributed by atoms with Crippen LogP contribution in [0.5, 0.6) is 0 Å². The van der Waals surface area contributed by atoms with Crippen molar-refractivity contribution >= 4 is 0 Å². The molecule has 0 spiro atoms.